The van der Waals surface area contributed by atoms with Gasteiger partial charge in [0.1, 0.15) is 0 Å². The lowest BCUT2D eigenvalue weighted by Gasteiger charge is -2.31. The fourth-order valence-electron chi connectivity index (χ4n) is 3.53. The van der Waals surface area contributed by atoms with E-state index in [0.29, 0.717) is 31.9 Å². The molecule has 0 unspecified atom stereocenters. The van der Waals surface area contributed by atoms with Gasteiger partial charge in [-0.15, -0.1) is 0 Å². The summed E-state index contributed by atoms with van der Waals surface area (Å²) in [6, 6.07) is 3.94. The van der Waals surface area contributed by atoms with Crippen LogP contribution in [0.5, 0.6) is 11.5 Å². The van der Waals surface area contributed by atoms with Crippen molar-refractivity contribution < 1.29 is 29.3 Å². The summed E-state index contributed by atoms with van der Waals surface area (Å²) in [6.07, 6.45) is 0. The zero-order valence-electron chi connectivity index (χ0n) is 15.5. The van der Waals surface area contributed by atoms with Crippen LogP contribution in [0.2, 0.25) is 0 Å². The Morgan fingerprint density at radius 2 is 1.96 bits per heavy atom. The minimum atomic E-state index is -0.717. The van der Waals surface area contributed by atoms with Crippen molar-refractivity contribution in [2.75, 3.05) is 46.5 Å². The first-order valence-electron chi connectivity index (χ1n) is 8.86. The molecule has 2 heterocycles. The second-order valence-electron chi connectivity index (χ2n) is 6.60. The fourth-order valence-corrected chi connectivity index (χ4v) is 3.53. The molecular weight excluding hydrogens is 352 g/mol. The molecule has 0 aliphatic carbocycles. The number of morpholine rings is 1. The van der Waals surface area contributed by atoms with E-state index < -0.39 is 17.7 Å². The minimum absolute atomic E-state index is 0.0389. The van der Waals surface area contributed by atoms with Gasteiger partial charge in [0.25, 0.3) is 5.91 Å². The molecule has 0 bridgehead atoms. The van der Waals surface area contributed by atoms with Crippen LogP contribution < -0.4 is 4.74 Å². The smallest absolute Gasteiger partial charge is 0.290 e. The first-order valence-corrected chi connectivity index (χ1v) is 8.86. The highest BCUT2D eigenvalue weighted by molar-refractivity contribution is 6.08. The Morgan fingerprint density at radius 1 is 1.26 bits per heavy atom. The molecule has 2 aliphatic heterocycles. The van der Waals surface area contributed by atoms with Gasteiger partial charge in [-0.3, -0.25) is 14.5 Å². The number of ketones is 1. The van der Waals surface area contributed by atoms with Crippen molar-refractivity contribution in [1.82, 2.24) is 9.80 Å². The minimum Gasteiger partial charge on any atom is -0.504 e. The lowest BCUT2D eigenvalue weighted by molar-refractivity contribution is -0.129. The van der Waals surface area contributed by atoms with Gasteiger partial charge in [-0.2, -0.15) is 0 Å². The first-order chi connectivity index (χ1) is 12.9. The Labute approximate surface area is 157 Å². The van der Waals surface area contributed by atoms with Crippen molar-refractivity contribution in [3.8, 4) is 11.5 Å². The summed E-state index contributed by atoms with van der Waals surface area (Å²) < 4.78 is 10.5. The molecular formula is C19H24N2O6. The molecule has 2 N–H and O–H groups in total. The predicted octanol–water partition coefficient (Wildman–Crippen LogP) is 1.02. The van der Waals surface area contributed by atoms with Crippen molar-refractivity contribution in [1.29, 1.82) is 0 Å². The van der Waals surface area contributed by atoms with Gasteiger partial charge in [0, 0.05) is 26.2 Å². The normalized spacial score (nSPS) is 21.0. The number of aromatic hydroxyl groups is 1. The number of phenolic OH excluding ortho intramolecular Hbond substituents is 1. The number of carbonyl (C=O) groups excluding carboxylic acids is 2. The van der Waals surface area contributed by atoms with Gasteiger partial charge in [-0.05, 0) is 24.6 Å². The van der Waals surface area contributed by atoms with E-state index in [0.717, 1.165) is 13.1 Å². The number of hydrogen-bond acceptors (Lipinski definition) is 7. The van der Waals surface area contributed by atoms with Gasteiger partial charge in [-0.25, -0.2) is 0 Å². The van der Waals surface area contributed by atoms with Crippen molar-refractivity contribution in [3.63, 3.8) is 0 Å². The number of Topliss-reactive ketones (excluding diaryl/α,β-unsaturated/α-hetero) is 1. The summed E-state index contributed by atoms with van der Waals surface area (Å²) in [6.45, 7) is 5.14. The number of phenols is 1. The molecule has 8 heteroatoms. The van der Waals surface area contributed by atoms with Crippen LogP contribution >= 0.6 is 0 Å². The third-order valence-corrected chi connectivity index (χ3v) is 4.96. The quantitative estimate of drug-likeness (QED) is 0.765. The van der Waals surface area contributed by atoms with Crippen LogP contribution in [0.3, 0.4) is 0 Å². The molecule has 27 heavy (non-hydrogen) atoms. The number of methoxy groups -OCH3 is 1. The Morgan fingerprint density at radius 3 is 2.59 bits per heavy atom. The molecule has 8 nitrogen and oxygen atoms in total. The van der Waals surface area contributed by atoms with Crippen molar-refractivity contribution in [2.24, 2.45) is 0 Å². The first kappa shape index (κ1) is 19.2. The van der Waals surface area contributed by atoms with E-state index in [1.807, 2.05) is 0 Å². The van der Waals surface area contributed by atoms with Gasteiger partial charge in [0.2, 0.25) is 0 Å². The monoisotopic (exact) mass is 376 g/mol. The molecule has 1 saturated heterocycles. The molecule has 0 aromatic heterocycles. The average molecular weight is 376 g/mol. The lowest BCUT2D eigenvalue weighted by Crippen LogP contribution is -2.43. The van der Waals surface area contributed by atoms with E-state index in [-0.39, 0.29) is 22.9 Å². The number of hydrogen-bond donors (Lipinski definition) is 2. The molecule has 1 atom stereocenters. The van der Waals surface area contributed by atoms with Gasteiger partial charge in [0.05, 0.1) is 31.9 Å². The third kappa shape index (κ3) is 3.77. The highest BCUT2D eigenvalue weighted by Crippen LogP contribution is 2.40. The Bertz CT molecular complexity index is 769. The van der Waals surface area contributed by atoms with Crippen LogP contribution in [0.1, 0.15) is 18.5 Å². The van der Waals surface area contributed by atoms with E-state index in [9.17, 15) is 19.8 Å². The lowest BCUT2D eigenvalue weighted by atomic mass is 9.96. The van der Waals surface area contributed by atoms with E-state index in [2.05, 4.69) is 4.90 Å². The van der Waals surface area contributed by atoms with Gasteiger partial charge < -0.3 is 24.6 Å². The Balaban J connectivity index is 1.91. The maximum atomic E-state index is 12.6. The van der Waals surface area contributed by atoms with E-state index in [1.165, 1.54) is 25.0 Å². The second kappa shape index (κ2) is 7.98. The molecule has 3 rings (SSSR count). The summed E-state index contributed by atoms with van der Waals surface area (Å²) in [7, 11) is 1.42. The van der Waals surface area contributed by atoms with Gasteiger partial charge in [0.15, 0.2) is 23.0 Å². The summed E-state index contributed by atoms with van der Waals surface area (Å²) in [5.74, 6) is -1.25. The zero-order chi connectivity index (χ0) is 19.6. The Hall–Kier alpha value is -2.58. The standard InChI is InChI=1S/C19H24N2O6/c1-12(22)16-17(13-3-4-14(23)15(11-13)26-2)21(19(25)18(16)24)6-5-20-7-9-27-10-8-20/h3-4,11,17,23-24H,5-10H2,1-2H3/t17-/m0/s1. The summed E-state index contributed by atoms with van der Waals surface area (Å²) in [5, 5.41) is 20.1. The average Bonchev–Trinajstić information content (AvgIpc) is 2.92. The number of rotatable bonds is 6. The molecule has 0 spiro atoms. The number of ether oxygens (including phenoxy) is 2. The summed E-state index contributed by atoms with van der Waals surface area (Å²) in [5.41, 5.74) is 0.656. The summed E-state index contributed by atoms with van der Waals surface area (Å²) in [4.78, 5) is 28.5. The number of carbonyl (C=O) groups is 2. The van der Waals surface area contributed by atoms with E-state index >= 15 is 0 Å². The predicted molar refractivity (Wildman–Crippen MR) is 96.7 cm³/mol. The largest absolute Gasteiger partial charge is 0.504 e. The van der Waals surface area contributed by atoms with E-state index in [4.69, 9.17) is 9.47 Å². The molecule has 146 valence electrons. The number of aliphatic hydroxyl groups excluding tert-OH is 1. The molecule has 1 aromatic rings. The highest BCUT2D eigenvalue weighted by Gasteiger charge is 2.42. The number of benzene rings is 1. The van der Waals surface area contributed by atoms with Crippen LogP contribution in [0, 0.1) is 0 Å². The number of nitrogens with zero attached hydrogens (tertiary/aromatic N) is 2. The van der Waals surface area contributed by atoms with Crippen molar-refractivity contribution in [2.45, 2.75) is 13.0 Å². The van der Waals surface area contributed by atoms with Crippen molar-refractivity contribution in [3.05, 3.63) is 35.1 Å². The van der Waals surface area contributed by atoms with Crippen LogP contribution in [-0.2, 0) is 14.3 Å². The Kier molecular flexibility index (Phi) is 5.67. The number of aliphatic hydroxyl groups is 1. The molecule has 1 amide bonds. The molecule has 1 fully saturated rings. The topological polar surface area (TPSA) is 99.5 Å². The van der Waals surface area contributed by atoms with E-state index in [1.54, 1.807) is 12.1 Å². The maximum absolute atomic E-state index is 12.6. The maximum Gasteiger partial charge on any atom is 0.290 e. The molecule has 2 aliphatic rings. The summed E-state index contributed by atoms with van der Waals surface area (Å²) >= 11 is 0. The SMILES string of the molecule is COc1cc([C@H]2C(C(C)=O)=C(O)C(=O)N2CCN2CCOCC2)ccc1O. The second-order valence-corrected chi connectivity index (χ2v) is 6.60. The zero-order valence-corrected chi connectivity index (χ0v) is 15.5. The fraction of sp³-hybridized carbons (Fsp3) is 0.474. The van der Waals surface area contributed by atoms with Gasteiger partial charge >= 0.3 is 0 Å². The third-order valence-electron chi connectivity index (χ3n) is 4.96. The van der Waals surface area contributed by atoms with Crippen LogP contribution in [0.15, 0.2) is 29.5 Å². The van der Waals surface area contributed by atoms with Gasteiger partial charge in [-0.1, -0.05) is 6.07 Å². The number of amides is 1. The van der Waals surface area contributed by atoms with Crippen molar-refractivity contribution >= 4 is 11.7 Å². The molecule has 0 radical (unpaired) electrons. The molecule has 1 aromatic carbocycles. The van der Waals surface area contributed by atoms with Crippen LogP contribution in [0.25, 0.3) is 0 Å². The highest BCUT2D eigenvalue weighted by atomic mass is 16.5. The van der Waals surface area contributed by atoms with Crippen LogP contribution in [-0.4, -0.2) is 78.2 Å². The molecule has 0 saturated carbocycles. The van der Waals surface area contributed by atoms with Crippen LogP contribution in [0.4, 0.5) is 0 Å².